The second-order valence-electron chi connectivity index (χ2n) is 5.82. The number of nitrogens with zero attached hydrogens (tertiary/aromatic N) is 1. The Bertz CT molecular complexity index is 856. The summed E-state index contributed by atoms with van der Waals surface area (Å²) in [4.78, 5) is 25.4. The minimum atomic E-state index is -1.65. The van der Waals surface area contributed by atoms with Gasteiger partial charge < -0.3 is 15.0 Å². The van der Waals surface area contributed by atoms with Crippen molar-refractivity contribution >= 4 is 23.2 Å². The van der Waals surface area contributed by atoms with E-state index in [2.05, 4.69) is 5.32 Å². The lowest BCUT2D eigenvalue weighted by atomic mass is 10.1. The number of amides is 2. The molecule has 1 saturated heterocycles. The Balaban J connectivity index is 1.72. The number of carbonyl (C=O) groups is 2. The summed E-state index contributed by atoms with van der Waals surface area (Å²) >= 11 is 0. The number of carbonyl (C=O) groups excluding carboxylic acids is 2. The fraction of sp³-hybridized carbons (Fsp3) is 0.222. The molecule has 136 valence electrons. The Kier molecular flexibility index (Phi) is 4.83. The molecule has 0 aliphatic carbocycles. The first kappa shape index (κ1) is 17.8. The Hall–Kier alpha value is -3.03. The van der Waals surface area contributed by atoms with Crippen LogP contribution in [0.25, 0.3) is 0 Å². The summed E-state index contributed by atoms with van der Waals surface area (Å²) in [5, 5.41) is 2.66. The van der Waals surface area contributed by atoms with Crippen molar-refractivity contribution in [3.63, 3.8) is 0 Å². The van der Waals surface area contributed by atoms with Crippen molar-refractivity contribution < 1.29 is 27.5 Å². The van der Waals surface area contributed by atoms with E-state index in [9.17, 15) is 22.8 Å². The van der Waals surface area contributed by atoms with Gasteiger partial charge in [-0.05, 0) is 36.4 Å². The van der Waals surface area contributed by atoms with E-state index in [0.29, 0.717) is 11.4 Å². The van der Waals surface area contributed by atoms with Gasteiger partial charge in [-0.3, -0.25) is 9.59 Å². The molecule has 2 aromatic carbocycles. The number of hydrogen-bond acceptors (Lipinski definition) is 3. The third kappa shape index (κ3) is 3.35. The molecular formula is C18H15F3N2O3. The van der Waals surface area contributed by atoms with Crippen LogP contribution in [0.15, 0.2) is 36.4 Å². The highest BCUT2D eigenvalue weighted by Gasteiger charge is 2.37. The maximum absolute atomic E-state index is 13.9. The van der Waals surface area contributed by atoms with E-state index < -0.39 is 35.2 Å². The minimum Gasteiger partial charge on any atom is -0.497 e. The van der Waals surface area contributed by atoms with Crippen molar-refractivity contribution in [3.8, 4) is 5.75 Å². The summed E-state index contributed by atoms with van der Waals surface area (Å²) in [7, 11) is 1.52. The topological polar surface area (TPSA) is 58.6 Å². The summed E-state index contributed by atoms with van der Waals surface area (Å²) in [5.74, 6) is -5.52. The molecule has 1 atom stereocenters. The lowest BCUT2D eigenvalue weighted by Gasteiger charge is -2.18. The summed E-state index contributed by atoms with van der Waals surface area (Å²) in [6.45, 7) is -0.122. The van der Waals surface area contributed by atoms with Gasteiger partial charge in [-0.1, -0.05) is 0 Å². The predicted molar refractivity (Wildman–Crippen MR) is 88.4 cm³/mol. The van der Waals surface area contributed by atoms with Gasteiger partial charge in [-0.15, -0.1) is 0 Å². The van der Waals surface area contributed by atoms with Crippen LogP contribution in [0.4, 0.5) is 24.5 Å². The van der Waals surface area contributed by atoms with Crippen LogP contribution in [0.5, 0.6) is 5.75 Å². The van der Waals surface area contributed by atoms with Crippen LogP contribution >= 0.6 is 0 Å². The predicted octanol–water partition coefficient (Wildman–Crippen LogP) is 3.10. The number of benzene rings is 2. The molecule has 3 rings (SSSR count). The van der Waals surface area contributed by atoms with E-state index in [-0.39, 0.29) is 18.7 Å². The van der Waals surface area contributed by atoms with Gasteiger partial charge in [0.1, 0.15) is 5.75 Å². The van der Waals surface area contributed by atoms with Crippen LogP contribution in [-0.4, -0.2) is 25.5 Å². The number of hydrogen-bond donors (Lipinski definition) is 1. The monoisotopic (exact) mass is 364 g/mol. The molecule has 1 heterocycles. The molecule has 26 heavy (non-hydrogen) atoms. The van der Waals surface area contributed by atoms with Crippen LogP contribution in [0.3, 0.4) is 0 Å². The molecule has 1 aliphatic heterocycles. The fourth-order valence-corrected chi connectivity index (χ4v) is 2.76. The number of ether oxygens (including phenoxy) is 1. The molecule has 0 aromatic heterocycles. The van der Waals surface area contributed by atoms with Crippen molar-refractivity contribution in [1.82, 2.24) is 0 Å². The molecule has 5 nitrogen and oxygen atoms in total. The lowest BCUT2D eigenvalue weighted by Crippen LogP contribution is -2.29. The molecule has 0 bridgehead atoms. The van der Waals surface area contributed by atoms with Gasteiger partial charge in [0.25, 0.3) is 0 Å². The third-order valence-corrected chi connectivity index (χ3v) is 4.16. The fourth-order valence-electron chi connectivity index (χ4n) is 2.76. The lowest BCUT2D eigenvalue weighted by molar-refractivity contribution is -0.122. The van der Waals surface area contributed by atoms with Gasteiger partial charge in [0, 0.05) is 18.7 Å². The Morgan fingerprint density at radius 3 is 2.46 bits per heavy atom. The van der Waals surface area contributed by atoms with Crippen LogP contribution < -0.4 is 15.0 Å². The van der Waals surface area contributed by atoms with Gasteiger partial charge in [-0.2, -0.15) is 0 Å². The molecule has 0 spiro atoms. The Labute approximate surface area is 147 Å². The SMILES string of the molecule is COc1ccc(NC(=O)C2CC(=O)N(c3ccc(F)c(F)c3F)C2)cc1. The molecule has 8 heteroatoms. The molecule has 1 N–H and O–H groups in total. The minimum absolute atomic E-state index is 0.122. The van der Waals surface area contributed by atoms with Gasteiger partial charge in [0.05, 0.1) is 18.7 Å². The number of methoxy groups -OCH3 is 1. The van der Waals surface area contributed by atoms with E-state index in [1.54, 1.807) is 24.3 Å². The third-order valence-electron chi connectivity index (χ3n) is 4.16. The van der Waals surface area contributed by atoms with E-state index in [4.69, 9.17) is 4.74 Å². The standard InChI is InChI=1S/C18H15F3N2O3/c1-26-12-4-2-11(3-5-12)22-18(25)10-8-15(24)23(9-10)14-7-6-13(19)16(20)17(14)21/h2-7,10H,8-9H2,1H3,(H,22,25). The molecule has 1 unspecified atom stereocenters. The van der Waals surface area contributed by atoms with Crippen molar-refractivity contribution in [1.29, 1.82) is 0 Å². The summed E-state index contributed by atoms with van der Waals surface area (Å²) in [6.07, 6.45) is -0.152. The molecule has 2 amide bonds. The van der Waals surface area contributed by atoms with E-state index in [1.807, 2.05) is 0 Å². The second kappa shape index (κ2) is 7.07. The summed E-state index contributed by atoms with van der Waals surface area (Å²) < 4.78 is 45.4. The summed E-state index contributed by atoms with van der Waals surface area (Å²) in [6, 6.07) is 8.33. The zero-order valence-corrected chi connectivity index (χ0v) is 13.8. The first-order valence-electron chi connectivity index (χ1n) is 7.79. The first-order valence-corrected chi connectivity index (χ1v) is 7.79. The highest BCUT2D eigenvalue weighted by molar-refractivity contribution is 6.03. The van der Waals surface area contributed by atoms with Crippen molar-refractivity contribution in [2.45, 2.75) is 6.42 Å². The maximum atomic E-state index is 13.9. The van der Waals surface area contributed by atoms with Crippen molar-refractivity contribution in [2.24, 2.45) is 5.92 Å². The zero-order valence-electron chi connectivity index (χ0n) is 13.8. The highest BCUT2D eigenvalue weighted by Crippen LogP contribution is 2.30. The van der Waals surface area contributed by atoms with Gasteiger partial charge in [-0.25, -0.2) is 13.2 Å². The van der Waals surface area contributed by atoms with E-state index >= 15 is 0 Å². The molecule has 1 aliphatic rings. The molecule has 2 aromatic rings. The van der Waals surface area contributed by atoms with Crippen molar-refractivity contribution in [3.05, 3.63) is 53.8 Å². The van der Waals surface area contributed by atoms with Crippen molar-refractivity contribution in [2.75, 3.05) is 23.9 Å². The molecule has 1 fully saturated rings. The largest absolute Gasteiger partial charge is 0.497 e. The smallest absolute Gasteiger partial charge is 0.229 e. The maximum Gasteiger partial charge on any atom is 0.229 e. The van der Waals surface area contributed by atoms with Crippen LogP contribution in [0, 0.1) is 23.4 Å². The quantitative estimate of drug-likeness (QED) is 0.849. The van der Waals surface area contributed by atoms with Crippen LogP contribution in [0.1, 0.15) is 6.42 Å². The number of anilines is 2. The van der Waals surface area contributed by atoms with E-state index in [1.165, 1.54) is 7.11 Å². The average molecular weight is 364 g/mol. The highest BCUT2D eigenvalue weighted by atomic mass is 19.2. The first-order chi connectivity index (χ1) is 12.4. The Morgan fingerprint density at radius 1 is 1.12 bits per heavy atom. The van der Waals surface area contributed by atoms with Gasteiger partial charge >= 0.3 is 0 Å². The Morgan fingerprint density at radius 2 is 1.81 bits per heavy atom. The molecule has 0 saturated carbocycles. The van der Waals surface area contributed by atoms with Crippen LogP contribution in [0.2, 0.25) is 0 Å². The second-order valence-corrected chi connectivity index (χ2v) is 5.82. The summed E-state index contributed by atoms with van der Waals surface area (Å²) in [5.41, 5.74) is 0.134. The van der Waals surface area contributed by atoms with Gasteiger partial charge in [0.15, 0.2) is 17.5 Å². The van der Waals surface area contributed by atoms with Gasteiger partial charge in [0.2, 0.25) is 11.8 Å². The van der Waals surface area contributed by atoms with Crippen LogP contribution in [-0.2, 0) is 9.59 Å². The number of halogens is 3. The van der Waals surface area contributed by atoms with E-state index in [0.717, 1.165) is 17.0 Å². The number of rotatable bonds is 4. The average Bonchev–Trinajstić information content (AvgIpc) is 3.02. The molecule has 0 radical (unpaired) electrons. The number of nitrogens with one attached hydrogen (secondary N) is 1. The normalized spacial score (nSPS) is 16.7. The zero-order chi connectivity index (χ0) is 18.8. The molecular weight excluding hydrogens is 349 g/mol.